The molecule has 0 bridgehead atoms. The number of fused-ring (bicyclic) bond motifs is 1. The standard InChI is InChI=1S/C23H25N3O6/c1-12-19(14(3)27)13(2)24-20(12)16(28)11-26-21(29)23(4,25-22(26)30)15-6-7-17-18(10-15)32-9-5-8-31-17/h6-7,10,24H,5,8-9,11H2,1-4H3,(H,25,30). The van der Waals surface area contributed by atoms with Gasteiger partial charge in [-0.2, -0.15) is 0 Å². The molecule has 2 N–H and O–H groups in total. The lowest BCUT2D eigenvalue weighted by molar-refractivity contribution is -0.130. The van der Waals surface area contributed by atoms with E-state index < -0.39 is 29.8 Å². The first-order valence-electron chi connectivity index (χ1n) is 10.4. The molecule has 168 valence electrons. The van der Waals surface area contributed by atoms with E-state index in [2.05, 4.69) is 10.3 Å². The second kappa shape index (κ2) is 7.81. The molecule has 1 saturated heterocycles. The molecule has 1 fully saturated rings. The molecule has 3 amide bonds. The summed E-state index contributed by atoms with van der Waals surface area (Å²) in [5.74, 6) is -0.0700. The number of urea groups is 1. The molecule has 9 nitrogen and oxygen atoms in total. The number of ether oxygens (including phenoxy) is 2. The Morgan fingerprint density at radius 3 is 2.47 bits per heavy atom. The summed E-state index contributed by atoms with van der Waals surface area (Å²) in [4.78, 5) is 54.5. The molecular weight excluding hydrogens is 414 g/mol. The Labute approximate surface area is 185 Å². The van der Waals surface area contributed by atoms with E-state index in [-0.39, 0.29) is 11.5 Å². The number of aryl methyl sites for hydroxylation is 1. The fraction of sp³-hybridized carbons (Fsp3) is 0.391. The second-order valence-corrected chi connectivity index (χ2v) is 8.26. The number of benzene rings is 1. The van der Waals surface area contributed by atoms with E-state index in [9.17, 15) is 19.2 Å². The van der Waals surface area contributed by atoms with E-state index in [4.69, 9.17) is 9.47 Å². The summed E-state index contributed by atoms with van der Waals surface area (Å²) in [5, 5.41) is 2.70. The monoisotopic (exact) mass is 439 g/mol. The highest BCUT2D eigenvalue weighted by molar-refractivity contribution is 6.12. The molecule has 3 heterocycles. The average molecular weight is 439 g/mol. The third-order valence-corrected chi connectivity index (χ3v) is 5.97. The molecule has 1 aromatic carbocycles. The number of carbonyl (C=O) groups is 4. The third-order valence-electron chi connectivity index (χ3n) is 5.97. The van der Waals surface area contributed by atoms with Gasteiger partial charge in [-0.05, 0) is 51.0 Å². The van der Waals surface area contributed by atoms with Gasteiger partial charge in [-0.15, -0.1) is 0 Å². The third kappa shape index (κ3) is 3.43. The van der Waals surface area contributed by atoms with Crippen LogP contribution in [0.3, 0.4) is 0 Å². The summed E-state index contributed by atoms with van der Waals surface area (Å²) in [6.07, 6.45) is 0.746. The Balaban J connectivity index is 1.59. The lowest BCUT2D eigenvalue weighted by Crippen LogP contribution is -2.41. The number of carbonyl (C=O) groups excluding carboxylic acids is 4. The van der Waals surface area contributed by atoms with E-state index in [1.807, 2.05) is 0 Å². The highest BCUT2D eigenvalue weighted by Gasteiger charge is 2.50. The summed E-state index contributed by atoms with van der Waals surface area (Å²) in [7, 11) is 0. The molecule has 0 saturated carbocycles. The lowest BCUT2D eigenvalue weighted by atomic mass is 9.91. The number of rotatable bonds is 5. The van der Waals surface area contributed by atoms with Crippen LogP contribution in [0.25, 0.3) is 0 Å². The van der Waals surface area contributed by atoms with Gasteiger partial charge in [0, 0.05) is 17.7 Å². The molecule has 2 aliphatic rings. The van der Waals surface area contributed by atoms with Gasteiger partial charge in [0.25, 0.3) is 5.91 Å². The first-order chi connectivity index (χ1) is 15.1. The van der Waals surface area contributed by atoms with Crippen molar-refractivity contribution >= 4 is 23.5 Å². The van der Waals surface area contributed by atoms with Gasteiger partial charge in [-0.3, -0.25) is 19.3 Å². The molecule has 0 spiro atoms. The first-order valence-corrected chi connectivity index (χ1v) is 10.4. The topological polar surface area (TPSA) is 118 Å². The van der Waals surface area contributed by atoms with Crippen molar-refractivity contribution in [3.63, 3.8) is 0 Å². The zero-order valence-corrected chi connectivity index (χ0v) is 18.5. The minimum atomic E-state index is -1.35. The molecule has 1 unspecified atom stereocenters. The highest BCUT2D eigenvalue weighted by atomic mass is 16.5. The van der Waals surface area contributed by atoms with Gasteiger partial charge in [0.1, 0.15) is 5.54 Å². The van der Waals surface area contributed by atoms with Crippen molar-refractivity contribution in [1.29, 1.82) is 0 Å². The minimum absolute atomic E-state index is 0.160. The average Bonchev–Trinajstić information content (AvgIpc) is 3.03. The van der Waals surface area contributed by atoms with Crippen LogP contribution in [-0.2, 0) is 10.3 Å². The summed E-state index contributed by atoms with van der Waals surface area (Å²) in [6.45, 7) is 6.98. The van der Waals surface area contributed by atoms with Gasteiger partial charge in [-0.1, -0.05) is 6.07 Å². The predicted molar refractivity (Wildman–Crippen MR) is 114 cm³/mol. The number of imide groups is 1. The number of ketones is 2. The van der Waals surface area contributed by atoms with Gasteiger partial charge < -0.3 is 19.8 Å². The van der Waals surface area contributed by atoms with Gasteiger partial charge >= 0.3 is 6.03 Å². The van der Waals surface area contributed by atoms with Gasteiger partial charge in [0.05, 0.1) is 25.5 Å². The van der Waals surface area contributed by atoms with Crippen LogP contribution in [0, 0.1) is 13.8 Å². The SMILES string of the molecule is CC(=O)c1c(C)[nH]c(C(=O)CN2C(=O)NC(C)(c3ccc4c(c3)OCCCO4)C2=O)c1C. The fourth-order valence-corrected chi connectivity index (χ4v) is 4.29. The number of Topliss-reactive ketones (excluding diaryl/α,β-unsaturated/α-hetero) is 2. The smallest absolute Gasteiger partial charge is 0.325 e. The van der Waals surface area contributed by atoms with Crippen molar-refractivity contribution in [3.8, 4) is 11.5 Å². The molecule has 0 aliphatic carbocycles. The normalized spacial score (nSPS) is 20.2. The van der Waals surface area contributed by atoms with Crippen LogP contribution in [0.4, 0.5) is 4.79 Å². The summed E-state index contributed by atoms with van der Waals surface area (Å²) in [5.41, 5.74) is 0.930. The van der Waals surface area contributed by atoms with Crippen molar-refractivity contribution in [2.24, 2.45) is 0 Å². The van der Waals surface area contributed by atoms with Crippen molar-refractivity contribution in [2.45, 2.75) is 39.7 Å². The number of nitrogens with zero attached hydrogens (tertiary/aromatic N) is 1. The summed E-state index contributed by atoms with van der Waals surface area (Å²) in [6, 6.07) is 4.44. The minimum Gasteiger partial charge on any atom is -0.490 e. The zero-order chi connectivity index (χ0) is 23.2. The number of H-pyrrole nitrogens is 1. The lowest BCUT2D eigenvalue weighted by Gasteiger charge is -2.23. The van der Waals surface area contributed by atoms with Crippen LogP contribution in [-0.4, -0.2) is 53.1 Å². The predicted octanol–water partition coefficient (Wildman–Crippen LogP) is 2.65. The molecule has 0 radical (unpaired) electrons. The van der Waals surface area contributed by atoms with Crippen molar-refractivity contribution < 1.29 is 28.7 Å². The molecule has 32 heavy (non-hydrogen) atoms. The molecule has 2 aromatic rings. The number of hydrogen-bond donors (Lipinski definition) is 2. The molecule has 9 heteroatoms. The van der Waals surface area contributed by atoms with Crippen molar-refractivity contribution in [1.82, 2.24) is 15.2 Å². The van der Waals surface area contributed by atoms with Crippen molar-refractivity contribution in [3.05, 3.63) is 46.3 Å². The van der Waals surface area contributed by atoms with Crippen LogP contribution in [0.15, 0.2) is 18.2 Å². The van der Waals surface area contributed by atoms with Crippen LogP contribution < -0.4 is 14.8 Å². The Morgan fingerprint density at radius 2 is 1.81 bits per heavy atom. The zero-order valence-electron chi connectivity index (χ0n) is 18.5. The maximum Gasteiger partial charge on any atom is 0.325 e. The van der Waals surface area contributed by atoms with Gasteiger partial charge in [0.2, 0.25) is 0 Å². The Kier molecular flexibility index (Phi) is 5.28. The molecule has 4 rings (SSSR count). The van der Waals surface area contributed by atoms with E-state index in [0.29, 0.717) is 47.1 Å². The number of hydrogen-bond acceptors (Lipinski definition) is 6. The second-order valence-electron chi connectivity index (χ2n) is 8.26. The highest BCUT2D eigenvalue weighted by Crippen LogP contribution is 2.36. The maximum atomic E-state index is 13.3. The summed E-state index contributed by atoms with van der Waals surface area (Å²) >= 11 is 0. The van der Waals surface area contributed by atoms with Crippen molar-refractivity contribution in [2.75, 3.05) is 19.8 Å². The Bertz CT molecular complexity index is 1150. The largest absolute Gasteiger partial charge is 0.490 e. The molecule has 2 aliphatic heterocycles. The van der Waals surface area contributed by atoms with E-state index >= 15 is 0 Å². The molecule has 1 aromatic heterocycles. The molecule has 1 atom stereocenters. The van der Waals surface area contributed by atoms with Crippen LogP contribution in [0.2, 0.25) is 0 Å². The number of aromatic amines is 1. The number of nitrogens with one attached hydrogen (secondary N) is 2. The van der Waals surface area contributed by atoms with E-state index in [1.54, 1.807) is 39.0 Å². The summed E-state index contributed by atoms with van der Waals surface area (Å²) < 4.78 is 11.3. The fourth-order valence-electron chi connectivity index (χ4n) is 4.29. The first kappa shape index (κ1) is 21.6. The Morgan fingerprint density at radius 1 is 1.12 bits per heavy atom. The van der Waals surface area contributed by atoms with E-state index in [1.165, 1.54) is 6.92 Å². The molecular formula is C23H25N3O6. The van der Waals surface area contributed by atoms with Gasteiger partial charge in [-0.25, -0.2) is 4.79 Å². The maximum absolute atomic E-state index is 13.3. The number of amides is 3. The Hall–Kier alpha value is -3.62. The van der Waals surface area contributed by atoms with Crippen LogP contribution in [0.5, 0.6) is 11.5 Å². The van der Waals surface area contributed by atoms with Crippen LogP contribution in [0.1, 0.15) is 57.9 Å². The number of aromatic nitrogens is 1. The van der Waals surface area contributed by atoms with Crippen LogP contribution >= 0.6 is 0 Å². The quantitative estimate of drug-likeness (QED) is 0.546. The van der Waals surface area contributed by atoms with E-state index in [0.717, 1.165) is 11.3 Å². The van der Waals surface area contributed by atoms with Gasteiger partial charge in [0.15, 0.2) is 23.1 Å².